The summed E-state index contributed by atoms with van der Waals surface area (Å²) in [5, 5.41) is 9.64. The number of carbonyl (C=O) groups is 2. The lowest BCUT2D eigenvalue weighted by atomic mass is 9.74. The normalized spacial score (nSPS) is 26.1. The van der Waals surface area contributed by atoms with E-state index in [4.69, 9.17) is 9.47 Å². The van der Waals surface area contributed by atoms with Crippen LogP contribution in [-0.2, 0) is 20.7 Å². The number of likely N-dealkylation sites (tertiary alicyclic amines) is 1. The third kappa shape index (κ3) is 2.84. The van der Waals surface area contributed by atoms with Crippen molar-refractivity contribution in [3.8, 4) is 5.75 Å². The highest BCUT2D eigenvalue weighted by molar-refractivity contribution is 5.83. The van der Waals surface area contributed by atoms with Crippen molar-refractivity contribution in [1.29, 1.82) is 0 Å². The van der Waals surface area contributed by atoms with E-state index in [1.165, 1.54) is 25.3 Å². The van der Waals surface area contributed by atoms with Crippen LogP contribution in [0.1, 0.15) is 12.0 Å². The second-order valence-corrected chi connectivity index (χ2v) is 6.39. The van der Waals surface area contributed by atoms with E-state index in [0.717, 1.165) is 0 Å². The lowest BCUT2D eigenvalue weighted by Crippen LogP contribution is -2.45. The largest absolute Gasteiger partial charge is 0.496 e. The second-order valence-electron chi connectivity index (χ2n) is 6.39. The van der Waals surface area contributed by atoms with E-state index in [9.17, 15) is 19.1 Å². The Morgan fingerprint density at radius 1 is 1.50 bits per heavy atom. The highest BCUT2D eigenvalue weighted by Gasteiger charge is 2.54. The number of carbonyl (C=O) groups excluding carboxylic acids is 1. The van der Waals surface area contributed by atoms with Gasteiger partial charge in [0.2, 0.25) is 5.91 Å². The summed E-state index contributed by atoms with van der Waals surface area (Å²) in [6.45, 7) is 1.26. The molecule has 0 unspecified atom stereocenters. The molecular formula is C17H20FNO5. The molecule has 7 heteroatoms. The molecule has 2 aliphatic heterocycles. The molecule has 24 heavy (non-hydrogen) atoms. The Morgan fingerprint density at radius 2 is 2.29 bits per heavy atom. The van der Waals surface area contributed by atoms with Crippen LogP contribution in [0.5, 0.6) is 5.75 Å². The zero-order valence-corrected chi connectivity index (χ0v) is 13.5. The number of methoxy groups -OCH3 is 1. The highest BCUT2D eigenvalue weighted by atomic mass is 19.1. The van der Waals surface area contributed by atoms with Gasteiger partial charge in [0.25, 0.3) is 0 Å². The van der Waals surface area contributed by atoms with Gasteiger partial charge < -0.3 is 19.5 Å². The first kappa shape index (κ1) is 16.7. The Bertz CT molecular complexity index is 664. The Hall–Kier alpha value is -2.15. The van der Waals surface area contributed by atoms with Crippen molar-refractivity contribution in [1.82, 2.24) is 4.90 Å². The maximum atomic E-state index is 13.4. The van der Waals surface area contributed by atoms with Gasteiger partial charge in [-0.15, -0.1) is 0 Å². The van der Waals surface area contributed by atoms with Crippen molar-refractivity contribution in [3.05, 3.63) is 29.6 Å². The number of halogens is 1. The van der Waals surface area contributed by atoms with Crippen LogP contribution in [0.2, 0.25) is 0 Å². The molecule has 0 spiro atoms. The number of hydrogen-bond acceptors (Lipinski definition) is 4. The summed E-state index contributed by atoms with van der Waals surface area (Å²) in [7, 11) is 1.46. The minimum Gasteiger partial charge on any atom is -0.496 e. The van der Waals surface area contributed by atoms with E-state index in [1.807, 2.05) is 0 Å². The number of fused-ring (bicyclic) bond motifs is 1. The maximum Gasteiger partial charge on any atom is 0.311 e. The summed E-state index contributed by atoms with van der Waals surface area (Å²) in [5.74, 6) is -1.31. The molecule has 2 atom stereocenters. The summed E-state index contributed by atoms with van der Waals surface area (Å²) < 4.78 is 24.0. The molecule has 0 radical (unpaired) electrons. The molecule has 2 saturated heterocycles. The Labute approximate surface area is 139 Å². The fourth-order valence-corrected chi connectivity index (χ4v) is 3.65. The van der Waals surface area contributed by atoms with Crippen LogP contribution >= 0.6 is 0 Å². The first-order chi connectivity index (χ1) is 11.5. The molecule has 1 N–H and O–H groups in total. The van der Waals surface area contributed by atoms with Gasteiger partial charge in [-0.3, -0.25) is 9.59 Å². The van der Waals surface area contributed by atoms with E-state index in [-0.39, 0.29) is 24.8 Å². The van der Waals surface area contributed by atoms with Gasteiger partial charge in [0.05, 0.1) is 25.6 Å². The quantitative estimate of drug-likeness (QED) is 0.897. The van der Waals surface area contributed by atoms with Crippen LogP contribution in [0.3, 0.4) is 0 Å². The van der Waals surface area contributed by atoms with Crippen LogP contribution in [0.4, 0.5) is 4.39 Å². The third-order valence-corrected chi connectivity index (χ3v) is 5.07. The van der Waals surface area contributed by atoms with E-state index >= 15 is 0 Å². The molecule has 2 heterocycles. The molecule has 1 amide bonds. The van der Waals surface area contributed by atoms with Gasteiger partial charge in [0.15, 0.2) is 0 Å². The first-order valence-electron chi connectivity index (χ1n) is 7.87. The molecule has 6 nitrogen and oxygen atoms in total. The van der Waals surface area contributed by atoms with E-state index in [0.29, 0.717) is 37.5 Å². The van der Waals surface area contributed by atoms with E-state index in [2.05, 4.69) is 0 Å². The van der Waals surface area contributed by atoms with E-state index < -0.39 is 17.2 Å². The molecule has 0 bridgehead atoms. The van der Waals surface area contributed by atoms with Crippen molar-refractivity contribution >= 4 is 11.9 Å². The maximum absolute atomic E-state index is 13.4. The van der Waals surface area contributed by atoms with Gasteiger partial charge >= 0.3 is 5.97 Å². The second kappa shape index (κ2) is 6.39. The summed E-state index contributed by atoms with van der Waals surface area (Å²) in [4.78, 5) is 25.9. The summed E-state index contributed by atoms with van der Waals surface area (Å²) in [5.41, 5.74) is -0.474. The van der Waals surface area contributed by atoms with Crippen molar-refractivity contribution in [3.63, 3.8) is 0 Å². The Kier molecular flexibility index (Phi) is 4.45. The topological polar surface area (TPSA) is 76.1 Å². The zero-order valence-electron chi connectivity index (χ0n) is 13.5. The average Bonchev–Trinajstić information content (AvgIpc) is 2.96. The highest BCUT2D eigenvalue weighted by Crippen LogP contribution is 2.42. The third-order valence-electron chi connectivity index (χ3n) is 5.07. The zero-order chi connectivity index (χ0) is 17.3. The van der Waals surface area contributed by atoms with Crippen molar-refractivity contribution in [2.75, 3.05) is 33.4 Å². The summed E-state index contributed by atoms with van der Waals surface area (Å²) in [6, 6.07) is 4.03. The van der Waals surface area contributed by atoms with Gasteiger partial charge in [0, 0.05) is 31.2 Å². The smallest absolute Gasteiger partial charge is 0.311 e. The molecule has 2 aliphatic rings. The summed E-state index contributed by atoms with van der Waals surface area (Å²) in [6.07, 6.45) is 0.379. The van der Waals surface area contributed by atoms with Gasteiger partial charge in [-0.1, -0.05) is 0 Å². The monoisotopic (exact) mass is 337 g/mol. The number of ether oxygens (including phenoxy) is 2. The van der Waals surface area contributed by atoms with Crippen molar-refractivity contribution in [2.24, 2.45) is 11.3 Å². The van der Waals surface area contributed by atoms with E-state index in [1.54, 1.807) is 4.90 Å². The number of amides is 1. The number of carboxylic acids is 1. The number of carboxylic acid groups (broad SMARTS) is 1. The lowest BCUT2D eigenvalue weighted by Gasteiger charge is -2.33. The number of nitrogens with zero attached hydrogens (tertiary/aromatic N) is 1. The van der Waals surface area contributed by atoms with Gasteiger partial charge in [-0.25, -0.2) is 4.39 Å². The molecule has 0 aromatic heterocycles. The number of aliphatic carboxylic acids is 1. The number of rotatable bonds is 4. The molecule has 0 aliphatic carbocycles. The Balaban J connectivity index is 1.77. The fraction of sp³-hybridized carbons (Fsp3) is 0.529. The molecule has 3 rings (SSSR count). The van der Waals surface area contributed by atoms with Crippen LogP contribution in [0.15, 0.2) is 18.2 Å². The fourth-order valence-electron chi connectivity index (χ4n) is 3.65. The van der Waals surface area contributed by atoms with Gasteiger partial charge in [-0.2, -0.15) is 0 Å². The van der Waals surface area contributed by atoms with Gasteiger partial charge in [-0.05, 0) is 24.6 Å². The molecule has 0 saturated carbocycles. The molecular weight excluding hydrogens is 317 g/mol. The van der Waals surface area contributed by atoms with Crippen LogP contribution < -0.4 is 4.74 Å². The average molecular weight is 337 g/mol. The van der Waals surface area contributed by atoms with Crippen molar-refractivity contribution in [2.45, 2.75) is 12.8 Å². The molecule has 1 aromatic rings. The predicted octanol–water partition coefficient (Wildman–Crippen LogP) is 1.33. The van der Waals surface area contributed by atoms with Crippen LogP contribution in [0, 0.1) is 17.2 Å². The predicted molar refractivity (Wildman–Crippen MR) is 82.2 cm³/mol. The SMILES string of the molecule is COc1ccc(F)cc1CC(=O)N1C[C@H]2COCC[C@@]2(C(=O)O)C1. The minimum absolute atomic E-state index is 0.0236. The molecule has 2 fully saturated rings. The summed E-state index contributed by atoms with van der Waals surface area (Å²) >= 11 is 0. The minimum atomic E-state index is -0.931. The number of benzene rings is 1. The van der Waals surface area contributed by atoms with Crippen LogP contribution in [0.25, 0.3) is 0 Å². The Morgan fingerprint density at radius 3 is 2.96 bits per heavy atom. The lowest BCUT2D eigenvalue weighted by molar-refractivity contribution is -0.157. The molecule has 1 aromatic carbocycles. The molecule has 130 valence electrons. The first-order valence-corrected chi connectivity index (χ1v) is 7.87. The van der Waals surface area contributed by atoms with Gasteiger partial charge in [0.1, 0.15) is 11.6 Å². The van der Waals surface area contributed by atoms with Crippen molar-refractivity contribution < 1.29 is 28.6 Å². The van der Waals surface area contributed by atoms with Crippen LogP contribution in [-0.4, -0.2) is 55.3 Å². The standard InChI is InChI=1S/C17H20FNO5/c1-23-14-3-2-13(18)6-11(14)7-15(20)19-8-12-9-24-5-4-17(12,10-19)16(21)22/h2-3,6,12H,4-5,7-10H2,1H3,(H,21,22)/t12-,17+/m0/s1. The number of hydrogen-bond donors (Lipinski definition) is 1.